The topological polar surface area (TPSA) is 95.8 Å². The van der Waals surface area contributed by atoms with Crippen LogP contribution < -0.4 is 10.3 Å². The molecule has 7 nitrogen and oxygen atoms in total. The normalized spacial score (nSPS) is 10.8. The number of carbonyl (C=O) groups excluding carboxylic acids is 1. The number of hydrogen-bond acceptors (Lipinski definition) is 5. The Morgan fingerprint density at radius 2 is 2.15 bits per heavy atom. The summed E-state index contributed by atoms with van der Waals surface area (Å²) < 4.78 is 10.6. The van der Waals surface area contributed by atoms with Gasteiger partial charge in [0.15, 0.2) is 5.76 Å². The molecule has 0 atom stereocenters. The molecule has 0 radical (unpaired) electrons. The highest BCUT2D eigenvalue weighted by atomic mass is 16.5. The molecule has 2 aromatic heterocycles. The summed E-state index contributed by atoms with van der Waals surface area (Å²) >= 11 is 0. The lowest BCUT2D eigenvalue weighted by Crippen LogP contribution is -2.34. The van der Waals surface area contributed by atoms with Gasteiger partial charge in [-0.05, 0) is 43.3 Å². The molecule has 1 aromatic carbocycles. The molecule has 0 aliphatic heterocycles. The van der Waals surface area contributed by atoms with Gasteiger partial charge in [0.2, 0.25) is 0 Å². The number of pyridine rings is 1. The molecule has 1 amide bonds. The van der Waals surface area contributed by atoms with Crippen LogP contribution in [0.5, 0.6) is 5.75 Å². The largest absolute Gasteiger partial charge is 0.494 e. The van der Waals surface area contributed by atoms with Gasteiger partial charge in [0.1, 0.15) is 5.75 Å². The lowest BCUT2D eigenvalue weighted by atomic mass is 10.1. The number of carbonyl (C=O) groups is 1. The van der Waals surface area contributed by atoms with E-state index in [1.54, 1.807) is 30.3 Å². The number of aliphatic hydroxyl groups is 1. The molecule has 26 heavy (non-hydrogen) atoms. The van der Waals surface area contributed by atoms with Crippen molar-refractivity contribution in [1.29, 1.82) is 0 Å². The summed E-state index contributed by atoms with van der Waals surface area (Å²) in [7, 11) is 0. The molecule has 136 valence electrons. The van der Waals surface area contributed by atoms with E-state index in [0.29, 0.717) is 23.4 Å². The Bertz CT molecular complexity index is 946. The van der Waals surface area contributed by atoms with E-state index in [2.05, 4.69) is 4.98 Å². The molecule has 2 N–H and O–H groups in total. The average molecular weight is 356 g/mol. The smallest absolute Gasteiger partial charge is 0.289 e. The Labute approximate surface area is 149 Å². The van der Waals surface area contributed by atoms with Gasteiger partial charge in [-0.3, -0.25) is 9.59 Å². The summed E-state index contributed by atoms with van der Waals surface area (Å²) in [6, 6.07) is 10.3. The first-order chi connectivity index (χ1) is 12.6. The van der Waals surface area contributed by atoms with Gasteiger partial charge in [-0.1, -0.05) is 0 Å². The van der Waals surface area contributed by atoms with E-state index in [-0.39, 0.29) is 36.9 Å². The maximum atomic E-state index is 12.5. The number of nitrogens with zero attached hydrogens (tertiary/aromatic N) is 1. The lowest BCUT2D eigenvalue weighted by molar-refractivity contribution is 0.0675. The Morgan fingerprint density at radius 3 is 2.85 bits per heavy atom. The molecule has 3 aromatic rings. The molecule has 2 heterocycles. The second-order valence-electron chi connectivity index (χ2n) is 5.73. The molecule has 0 saturated carbocycles. The van der Waals surface area contributed by atoms with E-state index in [4.69, 9.17) is 9.15 Å². The first kappa shape index (κ1) is 17.8. The Kier molecular flexibility index (Phi) is 5.38. The highest BCUT2D eigenvalue weighted by Gasteiger charge is 2.19. The number of H-pyrrole nitrogens is 1. The highest BCUT2D eigenvalue weighted by molar-refractivity contribution is 5.91. The quantitative estimate of drug-likeness (QED) is 0.676. The van der Waals surface area contributed by atoms with Crippen molar-refractivity contribution >= 4 is 16.8 Å². The number of nitrogens with one attached hydrogen (secondary N) is 1. The lowest BCUT2D eigenvalue weighted by Gasteiger charge is -2.20. The molecule has 0 bridgehead atoms. The average Bonchev–Trinajstić information content (AvgIpc) is 3.16. The third kappa shape index (κ3) is 3.78. The third-order valence-corrected chi connectivity index (χ3v) is 3.95. The number of rotatable bonds is 7. The summed E-state index contributed by atoms with van der Waals surface area (Å²) in [5.74, 6) is 0.484. The monoisotopic (exact) mass is 356 g/mol. The minimum absolute atomic E-state index is 0.0598. The Morgan fingerprint density at radius 1 is 1.31 bits per heavy atom. The van der Waals surface area contributed by atoms with E-state index in [1.807, 2.05) is 13.0 Å². The number of hydrogen-bond donors (Lipinski definition) is 2. The zero-order valence-corrected chi connectivity index (χ0v) is 14.4. The van der Waals surface area contributed by atoms with Crippen molar-refractivity contribution in [3.05, 3.63) is 64.3 Å². The minimum atomic E-state index is -0.383. The molecular weight excluding hydrogens is 336 g/mol. The maximum absolute atomic E-state index is 12.5. The van der Waals surface area contributed by atoms with Gasteiger partial charge in [-0.2, -0.15) is 0 Å². The van der Waals surface area contributed by atoms with Crippen LogP contribution >= 0.6 is 0 Å². The van der Waals surface area contributed by atoms with Crippen molar-refractivity contribution in [1.82, 2.24) is 9.88 Å². The summed E-state index contributed by atoms with van der Waals surface area (Å²) in [6.07, 6.45) is 1.41. The predicted molar refractivity (Wildman–Crippen MR) is 96.3 cm³/mol. The van der Waals surface area contributed by atoms with Crippen LogP contribution in [0.15, 0.2) is 51.9 Å². The summed E-state index contributed by atoms with van der Waals surface area (Å²) in [4.78, 5) is 29.1. The van der Waals surface area contributed by atoms with Crippen molar-refractivity contribution in [3.63, 3.8) is 0 Å². The number of benzene rings is 1. The predicted octanol–water partition coefficient (Wildman–Crippen LogP) is 2.15. The van der Waals surface area contributed by atoms with Crippen LogP contribution in [0.2, 0.25) is 0 Å². The molecule has 0 fully saturated rings. The highest BCUT2D eigenvalue weighted by Crippen LogP contribution is 2.20. The molecule has 0 aliphatic rings. The van der Waals surface area contributed by atoms with E-state index in [1.165, 1.54) is 11.2 Å². The molecular formula is C19H20N2O5. The van der Waals surface area contributed by atoms with Gasteiger partial charge in [0.25, 0.3) is 11.5 Å². The summed E-state index contributed by atoms with van der Waals surface area (Å²) in [5.41, 5.74) is 0.824. The van der Waals surface area contributed by atoms with Crippen molar-refractivity contribution < 1.29 is 19.1 Å². The first-order valence-corrected chi connectivity index (χ1v) is 8.34. The third-order valence-electron chi connectivity index (χ3n) is 3.95. The molecule has 0 aliphatic carbocycles. The first-order valence-electron chi connectivity index (χ1n) is 8.34. The van der Waals surface area contributed by atoms with Crippen molar-refractivity contribution in [2.75, 3.05) is 19.8 Å². The standard InChI is InChI=1S/C19H20N2O5/c1-2-25-15-5-6-16-13(11-15)10-14(18(23)20-16)12-21(7-8-22)19(24)17-4-3-9-26-17/h3-6,9-11,22H,2,7-8,12H2,1H3,(H,20,23). The SMILES string of the molecule is CCOc1ccc2[nH]c(=O)c(CN(CCO)C(=O)c3ccco3)cc2c1. The fourth-order valence-electron chi connectivity index (χ4n) is 2.74. The maximum Gasteiger partial charge on any atom is 0.289 e. The van der Waals surface area contributed by atoms with Crippen molar-refractivity contribution in [2.45, 2.75) is 13.5 Å². The van der Waals surface area contributed by atoms with Crippen molar-refractivity contribution in [3.8, 4) is 5.75 Å². The molecule has 3 rings (SSSR count). The fraction of sp³-hybridized carbons (Fsp3) is 0.263. The summed E-state index contributed by atoms with van der Waals surface area (Å²) in [5, 5.41) is 10.1. The van der Waals surface area contributed by atoms with E-state index >= 15 is 0 Å². The van der Waals surface area contributed by atoms with Gasteiger partial charge in [-0.25, -0.2) is 0 Å². The zero-order chi connectivity index (χ0) is 18.5. The zero-order valence-electron chi connectivity index (χ0n) is 14.4. The molecule has 0 saturated heterocycles. The fourth-order valence-corrected chi connectivity index (χ4v) is 2.74. The van der Waals surface area contributed by atoms with Gasteiger partial charge in [0.05, 0.1) is 26.0 Å². The number of aromatic amines is 1. The number of aliphatic hydroxyl groups excluding tert-OH is 1. The van der Waals surface area contributed by atoms with Gasteiger partial charge in [0, 0.05) is 23.0 Å². The molecule has 0 unspecified atom stereocenters. The number of fused-ring (bicyclic) bond motifs is 1. The van der Waals surface area contributed by atoms with Gasteiger partial charge in [-0.15, -0.1) is 0 Å². The molecule has 7 heteroatoms. The number of furan rings is 1. The van der Waals surface area contributed by atoms with E-state index in [0.717, 1.165) is 5.39 Å². The van der Waals surface area contributed by atoms with Crippen LogP contribution in [0, 0.1) is 0 Å². The van der Waals surface area contributed by atoms with Crippen LogP contribution in [0.25, 0.3) is 10.9 Å². The van der Waals surface area contributed by atoms with Crippen LogP contribution in [-0.4, -0.2) is 40.7 Å². The van der Waals surface area contributed by atoms with E-state index < -0.39 is 0 Å². The van der Waals surface area contributed by atoms with Gasteiger partial charge >= 0.3 is 0 Å². The minimum Gasteiger partial charge on any atom is -0.494 e. The Hall–Kier alpha value is -3.06. The summed E-state index contributed by atoms with van der Waals surface area (Å²) in [6.45, 7) is 2.38. The van der Waals surface area contributed by atoms with Crippen molar-refractivity contribution in [2.24, 2.45) is 0 Å². The van der Waals surface area contributed by atoms with Crippen LogP contribution in [0.4, 0.5) is 0 Å². The second kappa shape index (κ2) is 7.88. The van der Waals surface area contributed by atoms with Crippen LogP contribution in [-0.2, 0) is 6.54 Å². The number of amides is 1. The van der Waals surface area contributed by atoms with Gasteiger partial charge < -0.3 is 24.1 Å². The second-order valence-corrected chi connectivity index (χ2v) is 5.73. The number of aromatic nitrogens is 1. The Balaban J connectivity index is 1.93. The number of ether oxygens (including phenoxy) is 1. The van der Waals surface area contributed by atoms with Crippen LogP contribution in [0.3, 0.4) is 0 Å². The molecule has 0 spiro atoms. The van der Waals surface area contributed by atoms with E-state index in [9.17, 15) is 14.7 Å². The van der Waals surface area contributed by atoms with Crippen LogP contribution in [0.1, 0.15) is 23.0 Å².